The number of rotatable bonds is 2. The highest BCUT2D eigenvalue weighted by Crippen LogP contribution is 2.37. The summed E-state index contributed by atoms with van der Waals surface area (Å²) < 4.78 is 33.9. The van der Waals surface area contributed by atoms with Gasteiger partial charge in [0.1, 0.15) is 10.6 Å². The lowest BCUT2D eigenvalue weighted by Gasteiger charge is -2.07. The smallest absolute Gasteiger partial charge is 0.338 e. The third-order valence-corrected chi connectivity index (χ3v) is 4.89. The van der Waals surface area contributed by atoms with Gasteiger partial charge < -0.3 is 9.47 Å². The van der Waals surface area contributed by atoms with Crippen molar-refractivity contribution in [2.24, 2.45) is 0 Å². The summed E-state index contributed by atoms with van der Waals surface area (Å²) in [6.07, 6.45) is 0.593. The zero-order valence-corrected chi connectivity index (χ0v) is 11.2. The van der Waals surface area contributed by atoms with Gasteiger partial charge in [-0.05, 0) is 31.0 Å². The number of benzene rings is 1. The number of hydrogen-bond donors (Lipinski definition) is 0. The predicted octanol–water partition coefficient (Wildman–Crippen LogP) is 1.55. The van der Waals surface area contributed by atoms with E-state index in [1.807, 2.05) is 6.92 Å². The molecule has 98 valence electrons. The molecule has 1 atom stereocenters. The molecule has 0 radical (unpaired) electrons. The maximum Gasteiger partial charge on any atom is 0.338 e. The minimum Gasteiger partial charge on any atom is -0.473 e. The first-order valence-corrected chi connectivity index (χ1v) is 7.12. The van der Waals surface area contributed by atoms with E-state index in [2.05, 4.69) is 4.74 Å². The highest BCUT2D eigenvalue weighted by Gasteiger charge is 2.37. The molecular weight excluding hydrogens is 256 g/mol. The van der Waals surface area contributed by atoms with Crippen molar-refractivity contribution in [1.82, 2.24) is 0 Å². The summed E-state index contributed by atoms with van der Waals surface area (Å²) in [5.41, 5.74) is 0.0787. The van der Waals surface area contributed by atoms with Crippen molar-refractivity contribution in [2.75, 3.05) is 7.11 Å². The molecule has 1 aromatic carbocycles. The molecule has 18 heavy (non-hydrogen) atoms. The molecule has 1 heterocycles. The molecule has 5 nitrogen and oxygen atoms in total. The number of esters is 1. The van der Waals surface area contributed by atoms with E-state index >= 15 is 0 Å². The van der Waals surface area contributed by atoms with Gasteiger partial charge in [0.05, 0.1) is 12.7 Å². The summed E-state index contributed by atoms with van der Waals surface area (Å²) in [6.45, 7) is 3.35. The first-order valence-electron chi connectivity index (χ1n) is 5.57. The van der Waals surface area contributed by atoms with Crippen molar-refractivity contribution in [3.63, 3.8) is 0 Å². The molecule has 1 aliphatic rings. The zero-order valence-electron chi connectivity index (χ0n) is 10.4. The van der Waals surface area contributed by atoms with E-state index in [9.17, 15) is 13.2 Å². The second kappa shape index (κ2) is 4.28. The molecule has 0 saturated carbocycles. The molecule has 0 spiro atoms. The maximum atomic E-state index is 12.0. The number of fused-ring (bicyclic) bond motifs is 1. The van der Waals surface area contributed by atoms with Crippen LogP contribution in [0.4, 0.5) is 0 Å². The van der Waals surface area contributed by atoms with Crippen LogP contribution in [0.25, 0.3) is 0 Å². The summed E-state index contributed by atoms with van der Waals surface area (Å²) in [6, 6.07) is 2.95. The summed E-state index contributed by atoms with van der Waals surface area (Å²) in [7, 11) is -2.24. The molecule has 0 saturated heterocycles. The Bertz CT molecular complexity index is 603. The summed E-state index contributed by atoms with van der Waals surface area (Å²) in [5.74, 6) is -0.226. The predicted molar refractivity (Wildman–Crippen MR) is 64.4 cm³/mol. The minimum atomic E-state index is -3.50. The molecule has 2 rings (SSSR count). The Balaban J connectivity index is 2.67. The lowest BCUT2D eigenvalue weighted by atomic mass is 10.0. The highest BCUT2D eigenvalue weighted by molar-refractivity contribution is 7.92. The fraction of sp³-hybridized carbons (Fsp3) is 0.417. The van der Waals surface area contributed by atoms with Crippen molar-refractivity contribution < 1.29 is 22.7 Å². The average Bonchev–Trinajstić information content (AvgIpc) is 2.57. The first kappa shape index (κ1) is 12.9. The summed E-state index contributed by atoms with van der Waals surface area (Å²) in [4.78, 5) is 11.7. The Morgan fingerprint density at radius 3 is 2.67 bits per heavy atom. The number of hydrogen-bond acceptors (Lipinski definition) is 5. The van der Waals surface area contributed by atoms with E-state index in [1.165, 1.54) is 20.1 Å². The van der Waals surface area contributed by atoms with Gasteiger partial charge in [0.15, 0.2) is 0 Å². The Kier molecular flexibility index (Phi) is 3.06. The molecule has 1 unspecified atom stereocenters. The van der Waals surface area contributed by atoms with E-state index in [0.29, 0.717) is 17.7 Å². The van der Waals surface area contributed by atoms with Gasteiger partial charge in [0, 0.05) is 0 Å². The molecule has 0 bridgehead atoms. The quantitative estimate of drug-likeness (QED) is 0.762. The molecule has 1 aromatic rings. The minimum absolute atomic E-state index is 0.0626. The van der Waals surface area contributed by atoms with E-state index in [-0.39, 0.29) is 10.5 Å². The van der Waals surface area contributed by atoms with Crippen LogP contribution in [0, 0.1) is 0 Å². The highest BCUT2D eigenvalue weighted by atomic mass is 32.2. The van der Waals surface area contributed by atoms with Crippen LogP contribution in [-0.4, -0.2) is 26.9 Å². The van der Waals surface area contributed by atoms with Crippen LogP contribution < -0.4 is 4.74 Å². The molecule has 0 aromatic heterocycles. The molecule has 6 heteroatoms. The van der Waals surface area contributed by atoms with Crippen molar-refractivity contribution in [3.8, 4) is 5.75 Å². The Morgan fingerprint density at radius 2 is 2.11 bits per heavy atom. The van der Waals surface area contributed by atoms with Gasteiger partial charge in [-0.1, -0.05) is 6.92 Å². The van der Waals surface area contributed by atoms with Crippen LogP contribution in [0.2, 0.25) is 0 Å². The van der Waals surface area contributed by atoms with Crippen molar-refractivity contribution in [1.29, 1.82) is 0 Å². The van der Waals surface area contributed by atoms with Gasteiger partial charge in [-0.3, -0.25) is 0 Å². The van der Waals surface area contributed by atoms with Crippen molar-refractivity contribution in [3.05, 3.63) is 23.3 Å². The molecule has 0 aliphatic carbocycles. The lowest BCUT2D eigenvalue weighted by Crippen LogP contribution is -2.16. The van der Waals surface area contributed by atoms with E-state index in [0.717, 1.165) is 0 Å². The van der Waals surface area contributed by atoms with Crippen LogP contribution >= 0.6 is 0 Å². The maximum absolute atomic E-state index is 12.0. The number of carbonyl (C=O) groups is 1. The van der Waals surface area contributed by atoms with Gasteiger partial charge >= 0.3 is 5.97 Å². The fourth-order valence-corrected chi connectivity index (χ4v) is 3.19. The molecule has 0 amide bonds. The van der Waals surface area contributed by atoms with E-state index in [4.69, 9.17) is 4.74 Å². The van der Waals surface area contributed by atoms with E-state index < -0.39 is 21.2 Å². The van der Waals surface area contributed by atoms with Crippen LogP contribution in [0.1, 0.15) is 29.8 Å². The van der Waals surface area contributed by atoms with E-state index in [1.54, 1.807) is 6.07 Å². The topological polar surface area (TPSA) is 69.7 Å². The Hall–Kier alpha value is -1.56. The second-order valence-electron chi connectivity index (χ2n) is 4.03. The number of aryl methyl sites for hydroxylation is 1. The zero-order chi connectivity index (χ0) is 13.5. The van der Waals surface area contributed by atoms with Crippen LogP contribution in [-0.2, 0) is 21.0 Å². The van der Waals surface area contributed by atoms with Gasteiger partial charge in [-0.15, -0.1) is 0 Å². The van der Waals surface area contributed by atoms with Crippen LogP contribution in [0.15, 0.2) is 17.0 Å². The standard InChI is InChI=1S/C12H14O5S/c1-4-8-5-10-11(6-9(8)12(13)16-3)18(14,15)7(2)17-10/h5-7H,4H2,1-3H3. The Labute approximate surface area is 106 Å². The summed E-state index contributed by atoms with van der Waals surface area (Å²) in [5, 5.41) is 0. The normalized spacial score (nSPS) is 20.1. The lowest BCUT2D eigenvalue weighted by molar-refractivity contribution is 0.0599. The second-order valence-corrected chi connectivity index (χ2v) is 6.23. The van der Waals surface area contributed by atoms with Crippen LogP contribution in [0.3, 0.4) is 0 Å². The molecular formula is C12H14O5S. The average molecular weight is 270 g/mol. The molecule has 1 aliphatic heterocycles. The fourth-order valence-electron chi connectivity index (χ4n) is 1.93. The van der Waals surface area contributed by atoms with Gasteiger partial charge in [-0.2, -0.15) is 0 Å². The Morgan fingerprint density at radius 1 is 1.44 bits per heavy atom. The monoisotopic (exact) mass is 270 g/mol. The van der Waals surface area contributed by atoms with Gasteiger partial charge in [0.25, 0.3) is 0 Å². The first-order chi connectivity index (χ1) is 8.41. The largest absolute Gasteiger partial charge is 0.473 e. The number of ether oxygens (including phenoxy) is 2. The molecule has 0 fully saturated rings. The number of sulfone groups is 1. The van der Waals surface area contributed by atoms with Crippen molar-refractivity contribution in [2.45, 2.75) is 30.6 Å². The number of methoxy groups -OCH3 is 1. The molecule has 0 N–H and O–H groups in total. The van der Waals surface area contributed by atoms with Gasteiger partial charge in [0.2, 0.25) is 15.3 Å². The third-order valence-electron chi connectivity index (χ3n) is 2.99. The summed E-state index contributed by atoms with van der Waals surface area (Å²) >= 11 is 0. The van der Waals surface area contributed by atoms with Crippen LogP contribution in [0.5, 0.6) is 5.75 Å². The van der Waals surface area contributed by atoms with Crippen molar-refractivity contribution >= 4 is 15.8 Å². The third kappa shape index (κ3) is 1.77. The number of carbonyl (C=O) groups excluding carboxylic acids is 1. The van der Waals surface area contributed by atoms with Gasteiger partial charge in [-0.25, -0.2) is 13.2 Å². The SMILES string of the molecule is CCc1cc2c(cc1C(=O)OC)S(=O)(=O)C(C)O2.